The first kappa shape index (κ1) is 14.1. The summed E-state index contributed by atoms with van der Waals surface area (Å²) < 4.78 is 0. The van der Waals surface area contributed by atoms with Gasteiger partial charge >= 0.3 is 0 Å². The minimum Gasteiger partial charge on any atom is -0.369 e. The lowest BCUT2D eigenvalue weighted by atomic mass is 9.98. The van der Waals surface area contributed by atoms with Crippen LogP contribution in [0.2, 0.25) is 0 Å². The molecule has 0 saturated heterocycles. The highest BCUT2D eigenvalue weighted by atomic mass is 16.1. The van der Waals surface area contributed by atoms with E-state index in [1.54, 1.807) is 18.3 Å². The maximum absolute atomic E-state index is 11.3. The van der Waals surface area contributed by atoms with Crippen LogP contribution in [0.25, 0.3) is 0 Å². The van der Waals surface area contributed by atoms with E-state index in [2.05, 4.69) is 29.4 Å². The Morgan fingerprint density at radius 1 is 1.25 bits per heavy atom. The molecule has 1 amide bonds. The summed E-state index contributed by atoms with van der Waals surface area (Å²) in [4.78, 5) is 15.4. The number of hydrogen-bond donors (Lipinski definition) is 2. The van der Waals surface area contributed by atoms with E-state index < -0.39 is 5.91 Å². The number of aromatic nitrogens is 1. The number of nitrogens with zero attached hydrogens (tertiary/aromatic N) is 1. The van der Waals surface area contributed by atoms with Gasteiger partial charge in [-0.25, -0.2) is 4.98 Å². The highest BCUT2D eigenvalue weighted by Gasteiger charge is 2.09. The number of nitrogens with two attached hydrogens (primary N) is 1. The maximum atomic E-state index is 11.3. The van der Waals surface area contributed by atoms with Gasteiger partial charge in [0.2, 0.25) is 0 Å². The molecule has 0 aliphatic carbocycles. The SMILES string of the molecule is CC(CCNc1ncccc1C(N)=O)c1ccccc1. The Hall–Kier alpha value is -2.36. The summed E-state index contributed by atoms with van der Waals surface area (Å²) >= 11 is 0. The van der Waals surface area contributed by atoms with Crippen LogP contribution < -0.4 is 11.1 Å². The van der Waals surface area contributed by atoms with E-state index in [1.807, 2.05) is 18.2 Å². The molecule has 0 saturated carbocycles. The fraction of sp³-hybridized carbons (Fsp3) is 0.250. The molecule has 0 aliphatic heterocycles. The number of hydrogen-bond acceptors (Lipinski definition) is 3. The molecule has 0 spiro atoms. The van der Waals surface area contributed by atoms with Gasteiger partial charge in [-0.15, -0.1) is 0 Å². The van der Waals surface area contributed by atoms with Crippen LogP contribution >= 0.6 is 0 Å². The molecule has 0 aliphatic rings. The molecule has 104 valence electrons. The number of anilines is 1. The zero-order chi connectivity index (χ0) is 14.4. The second-order valence-electron chi connectivity index (χ2n) is 4.79. The van der Waals surface area contributed by atoms with Gasteiger partial charge in [-0.3, -0.25) is 4.79 Å². The molecular weight excluding hydrogens is 250 g/mol. The summed E-state index contributed by atoms with van der Waals surface area (Å²) in [5.41, 5.74) is 7.06. The van der Waals surface area contributed by atoms with Crippen LogP contribution in [-0.2, 0) is 0 Å². The Morgan fingerprint density at radius 3 is 2.70 bits per heavy atom. The average Bonchev–Trinajstić information content (AvgIpc) is 2.48. The van der Waals surface area contributed by atoms with E-state index in [9.17, 15) is 4.79 Å². The van der Waals surface area contributed by atoms with Gasteiger partial charge in [0, 0.05) is 12.7 Å². The first-order valence-corrected chi connectivity index (χ1v) is 6.72. The molecule has 2 aromatic rings. The van der Waals surface area contributed by atoms with Crippen LogP contribution in [0.5, 0.6) is 0 Å². The van der Waals surface area contributed by atoms with E-state index >= 15 is 0 Å². The lowest BCUT2D eigenvalue weighted by Crippen LogP contribution is -2.16. The van der Waals surface area contributed by atoms with Crippen molar-refractivity contribution in [2.75, 3.05) is 11.9 Å². The summed E-state index contributed by atoms with van der Waals surface area (Å²) in [7, 11) is 0. The van der Waals surface area contributed by atoms with Crippen LogP contribution in [0.3, 0.4) is 0 Å². The Morgan fingerprint density at radius 2 is 2.00 bits per heavy atom. The number of carbonyl (C=O) groups excluding carboxylic acids is 1. The van der Waals surface area contributed by atoms with Crippen LogP contribution in [0.1, 0.15) is 35.2 Å². The molecule has 1 aromatic carbocycles. The minimum atomic E-state index is -0.461. The third-order valence-electron chi connectivity index (χ3n) is 3.31. The number of pyridine rings is 1. The Balaban J connectivity index is 1.92. The monoisotopic (exact) mass is 269 g/mol. The van der Waals surface area contributed by atoms with Crippen molar-refractivity contribution in [2.45, 2.75) is 19.3 Å². The number of nitrogens with one attached hydrogen (secondary N) is 1. The van der Waals surface area contributed by atoms with E-state index in [0.717, 1.165) is 13.0 Å². The number of primary amides is 1. The predicted octanol–water partition coefficient (Wildman–Crippen LogP) is 2.79. The van der Waals surface area contributed by atoms with Crippen molar-refractivity contribution >= 4 is 11.7 Å². The average molecular weight is 269 g/mol. The van der Waals surface area contributed by atoms with Crippen molar-refractivity contribution in [3.05, 3.63) is 59.8 Å². The van der Waals surface area contributed by atoms with Gasteiger partial charge in [0.25, 0.3) is 5.91 Å². The Kier molecular flexibility index (Phi) is 4.71. The normalized spacial score (nSPS) is 11.8. The molecule has 4 nitrogen and oxygen atoms in total. The molecule has 1 heterocycles. The fourth-order valence-corrected chi connectivity index (χ4v) is 2.10. The minimum absolute atomic E-state index is 0.430. The largest absolute Gasteiger partial charge is 0.369 e. The van der Waals surface area contributed by atoms with Gasteiger partial charge in [-0.05, 0) is 30.0 Å². The van der Waals surface area contributed by atoms with Crippen molar-refractivity contribution in [1.29, 1.82) is 0 Å². The molecule has 4 heteroatoms. The van der Waals surface area contributed by atoms with Gasteiger partial charge in [0.15, 0.2) is 0 Å². The Labute approximate surface area is 119 Å². The smallest absolute Gasteiger partial charge is 0.252 e. The molecule has 20 heavy (non-hydrogen) atoms. The zero-order valence-electron chi connectivity index (χ0n) is 11.5. The maximum Gasteiger partial charge on any atom is 0.252 e. The van der Waals surface area contributed by atoms with Crippen LogP contribution in [0.15, 0.2) is 48.7 Å². The van der Waals surface area contributed by atoms with Crippen LogP contribution in [0.4, 0.5) is 5.82 Å². The molecule has 2 rings (SSSR count). The van der Waals surface area contributed by atoms with Crippen LogP contribution in [-0.4, -0.2) is 17.4 Å². The van der Waals surface area contributed by atoms with Crippen molar-refractivity contribution in [3.8, 4) is 0 Å². The van der Waals surface area contributed by atoms with Crippen molar-refractivity contribution in [2.24, 2.45) is 5.73 Å². The van der Waals surface area contributed by atoms with Gasteiger partial charge < -0.3 is 11.1 Å². The number of benzene rings is 1. The van der Waals surface area contributed by atoms with E-state index in [0.29, 0.717) is 17.3 Å². The van der Waals surface area contributed by atoms with Gasteiger partial charge in [0.1, 0.15) is 5.82 Å². The molecule has 1 aromatic heterocycles. The quantitative estimate of drug-likeness (QED) is 0.847. The van der Waals surface area contributed by atoms with E-state index in [1.165, 1.54) is 5.56 Å². The summed E-state index contributed by atoms with van der Waals surface area (Å²) in [6.45, 7) is 2.93. The van der Waals surface area contributed by atoms with Crippen LogP contribution in [0, 0.1) is 0 Å². The van der Waals surface area contributed by atoms with E-state index in [-0.39, 0.29) is 0 Å². The molecular formula is C16H19N3O. The third kappa shape index (κ3) is 3.57. The summed E-state index contributed by atoms with van der Waals surface area (Å²) in [5, 5.41) is 3.18. The molecule has 3 N–H and O–H groups in total. The van der Waals surface area contributed by atoms with Gasteiger partial charge in [0.05, 0.1) is 5.56 Å². The molecule has 0 fully saturated rings. The summed E-state index contributed by atoms with van der Waals surface area (Å²) in [5.74, 6) is 0.543. The topological polar surface area (TPSA) is 68.0 Å². The highest BCUT2D eigenvalue weighted by molar-refractivity contribution is 5.97. The molecule has 0 radical (unpaired) electrons. The molecule has 1 atom stereocenters. The van der Waals surface area contributed by atoms with Crippen molar-refractivity contribution in [1.82, 2.24) is 4.98 Å². The standard InChI is InChI=1S/C16H19N3O/c1-12(13-6-3-2-4-7-13)9-11-19-16-14(15(17)20)8-5-10-18-16/h2-8,10,12H,9,11H2,1H3,(H2,17,20)(H,18,19). The van der Waals surface area contributed by atoms with Gasteiger partial charge in [-0.1, -0.05) is 37.3 Å². The number of rotatable bonds is 6. The summed E-state index contributed by atoms with van der Waals surface area (Å²) in [6.07, 6.45) is 2.61. The lowest BCUT2D eigenvalue weighted by Gasteiger charge is -2.13. The second-order valence-corrected chi connectivity index (χ2v) is 4.79. The Bertz CT molecular complexity index is 569. The second kappa shape index (κ2) is 6.70. The highest BCUT2D eigenvalue weighted by Crippen LogP contribution is 2.19. The number of carbonyl (C=O) groups is 1. The predicted molar refractivity (Wildman–Crippen MR) is 80.7 cm³/mol. The molecule has 1 unspecified atom stereocenters. The third-order valence-corrected chi connectivity index (χ3v) is 3.31. The van der Waals surface area contributed by atoms with Crippen molar-refractivity contribution < 1.29 is 4.79 Å². The number of amides is 1. The van der Waals surface area contributed by atoms with Gasteiger partial charge in [-0.2, -0.15) is 0 Å². The molecule has 0 bridgehead atoms. The first-order chi connectivity index (χ1) is 9.68. The van der Waals surface area contributed by atoms with E-state index in [4.69, 9.17) is 5.73 Å². The fourth-order valence-electron chi connectivity index (χ4n) is 2.10. The first-order valence-electron chi connectivity index (χ1n) is 6.72. The lowest BCUT2D eigenvalue weighted by molar-refractivity contribution is 0.100. The van der Waals surface area contributed by atoms with Crippen molar-refractivity contribution in [3.63, 3.8) is 0 Å². The summed E-state index contributed by atoms with van der Waals surface area (Å²) in [6, 6.07) is 13.7. The zero-order valence-corrected chi connectivity index (χ0v) is 11.5.